The zero-order valence-electron chi connectivity index (χ0n) is 8.79. The van der Waals surface area contributed by atoms with Crippen molar-refractivity contribution in [2.45, 2.75) is 24.9 Å². The van der Waals surface area contributed by atoms with Gasteiger partial charge in [-0.2, -0.15) is 0 Å². The van der Waals surface area contributed by atoms with E-state index in [0.29, 0.717) is 0 Å². The van der Waals surface area contributed by atoms with E-state index >= 15 is 0 Å². The van der Waals surface area contributed by atoms with E-state index in [9.17, 15) is 14.4 Å². The number of Topliss-reactive ketones (excluding diaryl/α,β-unsaturated/α-hetero) is 1. The number of hydrogen-bond acceptors (Lipinski definition) is 5. The van der Waals surface area contributed by atoms with Crippen molar-refractivity contribution < 1.29 is 14.3 Å². The lowest BCUT2D eigenvalue weighted by atomic mass is 10.0. The van der Waals surface area contributed by atoms with E-state index < -0.39 is 17.9 Å². The summed E-state index contributed by atoms with van der Waals surface area (Å²) >= 11 is 0. The first-order valence-electron chi connectivity index (χ1n) is 5.27. The van der Waals surface area contributed by atoms with Gasteiger partial charge in [-0.1, -0.05) is 0 Å². The normalized spacial score (nSPS) is 31.8. The quantitative estimate of drug-likeness (QED) is 0.663. The minimum Gasteiger partial charge on any atom is -0.343 e. The van der Waals surface area contributed by atoms with Crippen LogP contribution in [0.2, 0.25) is 0 Å². The highest BCUT2D eigenvalue weighted by Crippen LogP contribution is 2.31. The zero-order valence-corrected chi connectivity index (χ0v) is 8.79. The highest BCUT2D eigenvalue weighted by atomic mass is 16.7. The van der Waals surface area contributed by atoms with E-state index in [4.69, 9.17) is 9.47 Å². The van der Waals surface area contributed by atoms with Gasteiger partial charge in [0, 0.05) is 18.6 Å². The summed E-state index contributed by atoms with van der Waals surface area (Å²) in [7, 11) is 0. The number of aromatic nitrogens is 2. The van der Waals surface area contributed by atoms with Crippen molar-refractivity contribution in [3.8, 4) is 0 Å². The van der Waals surface area contributed by atoms with Crippen molar-refractivity contribution in [3.05, 3.63) is 32.8 Å². The summed E-state index contributed by atoms with van der Waals surface area (Å²) in [5.41, 5.74) is -0.755. The van der Waals surface area contributed by atoms with Crippen LogP contribution in [0, 0.1) is 0 Å². The third kappa shape index (κ3) is 1.63. The fourth-order valence-electron chi connectivity index (χ4n) is 2.17. The molecule has 0 unspecified atom stereocenters. The van der Waals surface area contributed by atoms with Crippen LogP contribution in [0.3, 0.4) is 0 Å². The monoisotopic (exact) mass is 238 g/mol. The van der Waals surface area contributed by atoms with E-state index in [0.717, 1.165) is 10.7 Å². The number of ether oxygens (including phenoxy) is 2. The largest absolute Gasteiger partial charge is 0.343 e. The van der Waals surface area contributed by atoms with Crippen molar-refractivity contribution in [3.63, 3.8) is 0 Å². The lowest BCUT2D eigenvalue weighted by molar-refractivity contribution is -0.156. The molecule has 17 heavy (non-hydrogen) atoms. The van der Waals surface area contributed by atoms with Gasteiger partial charge < -0.3 is 9.47 Å². The fraction of sp³-hybridized carbons (Fsp3) is 0.500. The second-order valence-corrected chi connectivity index (χ2v) is 4.10. The van der Waals surface area contributed by atoms with Gasteiger partial charge in [-0.15, -0.1) is 0 Å². The van der Waals surface area contributed by atoms with Crippen LogP contribution in [-0.4, -0.2) is 34.6 Å². The molecule has 1 aromatic rings. The van der Waals surface area contributed by atoms with Crippen molar-refractivity contribution in [2.75, 3.05) is 6.61 Å². The molecule has 2 bridgehead atoms. The Labute approximate surface area is 94.9 Å². The van der Waals surface area contributed by atoms with E-state index in [1.807, 2.05) is 0 Å². The van der Waals surface area contributed by atoms with Crippen LogP contribution < -0.4 is 11.1 Å². The van der Waals surface area contributed by atoms with Crippen LogP contribution in [-0.2, 0) is 14.3 Å². The molecule has 3 atom stereocenters. The Hall–Kier alpha value is -1.73. The van der Waals surface area contributed by atoms with E-state index in [1.54, 1.807) is 0 Å². The summed E-state index contributed by atoms with van der Waals surface area (Å²) in [5.74, 6) is -0.208. The molecule has 0 aromatic carbocycles. The Morgan fingerprint density at radius 3 is 2.94 bits per heavy atom. The molecule has 3 rings (SSSR count). The summed E-state index contributed by atoms with van der Waals surface area (Å²) < 4.78 is 11.6. The van der Waals surface area contributed by atoms with Gasteiger partial charge in [-0.3, -0.25) is 19.5 Å². The predicted molar refractivity (Wildman–Crippen MR) is 54.6 cm³/mol. The molecule has 2 aliphatic rings. The van der Waals surface area contributed by atoms with Crippen molar-refractivity contribution in [2.24, 2.45) is 0 Å². The van der Waals surface area contributed by atoms with Crippen LogP contribution in [0.15, 0.2) is 21.7 Å². The Balaban J connectivity index is 2.03. The lowest BCUT2D eigenvalue weighted by Crippen LogP contribution is -2.43. The van der Waals surface area contributed by atoms with Crippen molar-refractivity contribution in [1.82, 2.24) is 9.78 Å². The van der Waals surface area contributed by atoms with Crippen LogP contribution >= 0.6 is 0 Å². The van der Waals surface area contributed by atoms with Crippen molar-refractivity contribution >= 4 is 5.78 Å². The lowest BCUT2D eigenvalue weighted by Gasteiger charge is -2.27. The molecule has 7 heteroatoms. The molecule has 1 aromatic heterocycles. The third-order valence-electron chi connectivity index (χ3n) is 2.99. The molecule has 0 aliphatic carbocycles. The van der Waals surface area contributed by atoms with Crippen LogP contribution in [0.5, 0.6) is 0 Å². The molecule has 7 nitrogen and oxygen atoms in total. The van der Waals surface area contributed by atoms with Gasteiger partial charge in [0.1, 0.15) is 6.10 Å². The maximum atomic E-state index is 11.6. The molecule has 0 spiro atoms. The Kier molecular flexibility index (Phi) is 2.23. The van der Waals surface area contributed by atoms with Gasteiger partial charge >= 0.3 is 0 Å². The summed E-state index contributed by atoms with van der Waals surface area (Å²) in [5, 5.41) is 2.41. The molecule has 2 aliphatic heterocycles. The highest BCUT2D eigenvalue weighted by Gasteiger charge is 2.44. The van der Waals surface area contributed by atoms with Gasteiger partial charge in [0.15, 0.2) is 5.78 Å². The minimum atomic E-state index is -0.803. The molecular weight excluding hydrogens is 228 g/mol. The van der Waals surface area contributed by atoms with Crippen LogP contribution in [0.4, 0.5) is 0 Å². The van der Waals surface area contributed by atoms with E-state index in [1.165, 1.54) is 6.07 Å². The molecule has 2 fully saturated rings. The zero-order chi connectivity index (χ0) is 12.0. The number of rotatable bonds is 1. The number of carbonyl (C=O) groups is 1. The average molecular weight is 238 g/mol. The summed E-state index contributed by atoms with van der Waals surface area (Å²) in [4.78, 5) is 34.4. The number of aromatic amines is 1. The van der Waals surface area contributed by atoms with Gasteiger partial charge in [-0.05, 0) is 0 Å². The maximum absolute atomic E-state index is 11.6. The number of nitrogens with zero attached hydrogens (tertiary/aromatic N) is 1. The van der Waals surface area contributed by atoms with Gasteiger partial charge in [-0.25, -0.2) is 4.68 Å². The standard InChI is InChI=1S/C10H10N2O5/c13-6-3-5(7-4-16-10(6)17-7)12-9(15)2-1-8(14)11-12/h1-2,5,7,10H,3-4H2,(H,11,14)/t5-,7-,10-/m1/s1. The SMILES string of the molecule is O=C1C[C@@H](n2[nH]c(=O)ccc2=O)[C@H]2CO[C@@H]1O2. The Bertz CT molecular complexity index is 575. The predicted octanol–water partition coefficient (Wildman–Crippen LogP) is -1.21. The Morgan fingerprint density at radius 1 is 1.29 bits per heavy atom. The molecular formula is C10H10N2O5. The summed E-state index contributed by atoms with van der Waals surface area (Å²) in [6.07, 6.45) is -1.04. The number of hydrogen-bond donors (Lipinski definition) is 1. The summed E-state index contributed by atoms with van der Waals surface area (Å²) in [6, 6.07) is 1.83. The topological polar surface area (TPSA) is 90.4 Å². The van der Waals surface area contributed by atoms with E-state index in [-0.39, 0.29) is 30.5 Å². The number of nitrogens with one attached hydrogen (secondary N) is 1. The fourth-order valence-corrected chi connectivity index (χ4v) is 2.17. The second-order valence-electron chi connectivity index (χ2n) is 4.10. The van der Waals surface area contributed by atoms with Gasteiger partial charge in [0.25, 0.3) is 11.1 Å². The molecule has 2 saturated heterocycles. The second kappa shape index (κ2) is 3.64. The maximum Gasteiger partial charge on any atom is 0.265 e. The Morgan fingerprint density at radius 2 is 2.12 bits per heavy atom. The molecule has 0 radical (unpaired) electrons. The number of fused-ring (bicyclic) bond motifs is 2. The number of ketones is 1. The van der Waals surface area contributed by atoms with Gasteiger partial charge in [0.05, 0.1) is 12.6 Å². The molecule has 0 amide bonds. The molecule has 1 N–H and O–H groups in total. The van der Waals surface area contributed by atoms with E-state index in [2.05, 4.69) is 5.10 Å². The number of carbonyl (C=O) groups excluding carboxylic acids is 1. The first kappa shape index (κ1) is 10.4. The smallest absolute Gasteiger partial charge is 0.265 e. The number of H-pyrrole nitrogens is 1. The first-order valence-corrected chi connectivity index (χ1v) is 5.27. The molecule has 0 saturated carbocycles. The van der Waals surface area contributed by atoms with Crippen LogP contribution in [0.1, 0.15) is 12.5 Å². The molecule has 3 heterocycles. The van der Waals surface area contributed by atoms with Crippen LogP contribution in [0.25, 0.3) is 0 Å². The van der Waals surface area contributed by atoms with Gasteiger partial charge in [0.2, 0.25) is 6.29 Å². The van der Waals surface area contributed by atoms with Crippen molar-refractivity contribution in [1.29, 1.82) is 0 Å². The first-order chi connectivity index (χ1) is 8.15. The minimum absolute atomic E-state index is 0.134. The summed E-state index contributed by atoms with van der Waals surface area (Å²) in [6.45, 7) is 0.254. The highest BCUT2D eigenvalue weighted by molar-refractivity contribution is 5.83. The average Bonchev–Trinajstić information content (AvgIpc) is 2.73. The third-order valence-corrected chi connectivity index (χ3v) is 2.99. The molecule has 90 valence electrons.